The van der Waals surface area contributed by atoms with Crippen LogP contribution in [0.15, 0.2) is 0 Å². The van der Waals surface area contributed by atoms with Crippen molar-refractivity contribution in [3.63, 3.8) is 0 Å². The van der Waals surface area contributed by atoms with Crippen LogP contribution in [0.4, 0.5) is 0 Å². The van der Waals surface area contributed by atoms with Gasteiger partial charge in [0.25, 0.3) is 0 Å². The Hall–Kier alpha value is -0.720. The Bertz CT molecular complexity index is 462. The van der Waals surface area contributed by atoms with Gasteiger partial charge in [0.1, 0.15) is 0 Å². The Labute approximate surface area is 116 Å². The summed E-state index contributed by atoms with van der Waals surface area (Å²) in [6.07, 6.45) is 4.04. The number of nitrogens with one attached hydrogen (secondary N) is 3. The molecule has 0 spiro atoms. The van der Waals surface area contributed by atoms with Gasteiger partial charge in [-0.2, -0.15) is 0 Å². The SMILES string of the molecule is Cc1[nH]c(=S)sc1CC(=O)NCCCNC1CC1. The van der Waals surface area contributed by atoms with Crippen molar-refractivity contribution in [1.82, 2.24) is 15.6 Å². The van der Waals surface area contributed by atoms with Gasteiger partial charge in [0.15, 0.2) is 3.95 Å². The van der Waals surface area contributed by atoms with Crippen LogP contribution < -0.4 is 10.6 Å². The van der Waals surface area contributed by atoms with Crippen molar-refractivity contribution < 1.29 is 4.79 Å². The Balaban J connectivity index is 1.62. The highest BCUT2D eigenvalue weighted by molar-refractivity contribution is 7.73. The predicted octanol–water partition coefficient (Wildman–Crippen LogP) is 1.91. The highest BCUT2D eigenvalue weighted by Crippen LogP contribution is 2.18. The molecule has 18 heavy (non-hydrogen) atoms. The number of rotatable bonds is 7. The number of carbonyl (C=O) groups excluding carboxylic acids is 1. The first-order valence-corrected chi connectivity index (χ1v) is 7.56. The van der Waals surface area contributed by atoms with Gasteiger partial charge in [0, 0.05) is 23.2 Å². The molecule has 1 fully saturated rings. The summed E-state index contributed by atoms with van der Waals surface area (Å²) >= 11 is 6.53. The molecule has 0 bridgehead atoms. The number of H-pyrrole nitrogens is 1. The zero-order valence-corrected chi connectivity index (χ0v) is 12.2. The van der Waals surface area contributed by atoms with Crippen LogP contribution in [0.1, 0.15) is 29.8 Å². The molecule has 1 saturated carbocycles. The number of hydrogen-bond acceptors (Lipinski definition) is 4. The number of thiazole rings is 1. The molecular formula is C12H19N3OS2. The van der Waals surface area contributed by atoms with Crippen molar-refractivity contribution in [2.24, 2.45) is 0 Å². The largest absolute Gasteiger partial charge is 0.356 e. The second-order valence-corrected chi connectivity index (χ2v) is 6.44. The lowest BCUT2D eigenvalue weighted by Gasteiger charge is -2.05. The van der Waals surface area contributed by atoms with Crippen molar-refractivity contribution >= 4 is 29.5 Å². The predicted molar refractivity (Wildman–Crippen MR) is 76.6 cm³/mol. The van der Waals surface area contributed by atoms with Crippen LogP contribution in [0.5, 0.6) is 0 Å². The van der Waals surface area contributed by atoms with E-state index in [1.165, 1.54) is 24.2 Å². The van der Waals surface area contributed by atoms with Crippen molar-refractivity contribution in [3.05, 3.63) is 14.5 Å². The summed E-state index contributed by atoms with van der Waals surface area (Å²) in [6.45, 7) is 3.69. The monoisotopic (exact) mass is 285 g/mol. The third-order valence-electron chi connectivity index (χ3n) is 2.93. The zero-order valence-electron chi connectivity index (χ0n) is 10.5. The van der Waals surface area contributed by atoms with E-state index >= 15 is 0 Å². The van der Waals surface area contributed by atoms with E-state index in [2.05, 4.69) is 15.6 Å². The quantitative estimate of drug-likeness (QED) is 0.530. The zero-order chi connectivity index (χ0) is 13.0. The molecule has 0 atom stereocenters. The van der Waals surface area contributed by atoms with Gasteiger partial charge in [-0.15, -0.1) is 11.3 Å². The molecule has 100 valence electrons. The fourth-order valence-electron chi connectivity index (χ4n) is 1.72. The third kappa shape index (κ3) is 4.51. The molecule has 1 aromatic heterocycles. The molecule has 3 N–H and O–H groups in total. The van der Waals surface area contributed by atoms with Gasteiger partial charge in [0.2, 0.25) is 5.91 Å². The van der Waals surface area contributed by atoms with Crippen LogP contribution in [0, 0.1) is 10.9 Å². The number of hydrogen-bond donors (Lipinski definition) is 3. The standard InChI is InChI=1S/C12H19N3OS2/c1-8-10(18-12(17)15-8)7-11(16)14-6-2-5-13-9-3-4-9/h9,13H,2-7H2,1H3,(H,14,16)(H,15,17). The number of aromatic amines is 1. The smallest absolute Gasteiger partial charge is 0.225 e. The van der Waals surface area contributed by atoms with E-state index in [1.807, 2.05) is 6.92 Å². The van der Waals surface area contributed by atoms with Crippen molar-refractivity contribution in [2.75, 3.05) is 13.1 Å². The fourth-order valence-corrected chi connectivity index (χ4v) is 3.01. The van der Waals surface area contributed by atoms with E-state index in [0.29, 0.717) is 6.42 Å². The summed E-state index contributed by atoms with van der Waals surface area (Å²) in [7, 11) is 0. The summed E-state index contributed by atoms with van der Waals surface area (Å²) in [5.74, 6) is 0.0785. The van der Waals surface area contributed by atoms with Crippen molar-refractivity contribution in [3.8, 4) is 0 Å². The van der Waals surface area contributed by atoms with Crippen LogP contribution in [-0.2, 0) is 11.2 Å². The van der Waals surface area contributed by atoms with Gasteiger partial charge in [-0.1, -0.05) is 0 Å². The minimum atomic E-state index is 0.0785. The first kappa shape index (κ1) is 13.7. The lowest BCUT2D eigenvalue weighted by Crippen LogP contribution is -2.29. The summed E-state index contributed by atoms with van der Waals surface area (Å²) in [6, 6.07) is 0.746. The van der Waals surface area contributed by atoms with Gasteiger partial charge < -0.3 is 15.6 Å². The number of aromatic nitrogens is 1. The van der Waals surface area contributed by atoms with Crippen LogP contribution in [-0.4, -0.2) is 30.0 Å². The molecular weight excluding hydrogens is 266 g/mol. The molecule has 1 amide bonds. The fraction of sp³-hybridized carbons (Fsp3) is 0.667. The first-order valence-electron chi connectivity index (χ1n) is 6.34. The van der Waals surface area contributed by atoms with Crippen molar-refractivity contribution in [2.45, 2.75) is 38.6 Å². The Morgan fingerprint density at radius 3 is 2.89 bits per heavy atom. The molecule has 2 rings (SSSR count). The lowest BCUT2D eigenvalue weighted by molar-refractivity contribution is -0.120. The number of amides is 1. The molecule has 0 aliphatic heterocycles. The van der Waals surface area contributed by atoms with Gasteiger partial charge in [-0.05, 0) is 44.9 Å². The molecule has 4 nitrogen and oxygen atoms in total. The molecule has 6 heteroatoms. The summed E-state index contributed by atoms with van der Waals surface area (Å²) < 4.78 is 0.740. The first-order chi connectivity index (χ1) is 8.65. The minimum absolute atomic E-state index is 0.0785. The maximum absolute atomic E-state index is 11.7. The molecule has 0 unspecified atom stereocenters. The summed E-state index contributed by atoms with van der Waals surface area (Å²) in [4.78, 5) is 15.8. The summed E-state index contributed by atoms with van der Waals surface area (Å²) in [5.41, 5.74) is 1.01. The molecule has 0 aromatic carbocycles. The Morgan fingerprint density at radius 1 is 1.50 bits per heavy atom. The van der Waals surface area contributed by atoms with Crippen LogP contribution in [0.2, 0.25) is 0 Å². The Morgan fingerprint density at radius 2 is 2.28 bits per heavy atom. The van der Waals surface area contributed by atoms with Crippen molar-refractivity contribution in [1.29, 1.82) is 0 Å². The molecule has 0 saturated heterocycles. The van der Waals surface area contributed by atoms with E-state index in [1.54, 1.807) is 0 Å². The second-order valence-electron chi connectivity index (χ2n) is 4.67. The van der Waals surface area contributed by atoms with Crippen LogP contribution >= 0.6 is 23.6 Å². The average molecular weight is 285 g/mol. The second kappa shape index (κ2) is 6.45. The summed E-state index contributed by atoms with van der Waals surface area (Å²) in [5, 5.41) is 6.37. The highest BCUT2D eigenvalue weighted by atomic mass is 32.1. The third-order valence-corrected chi connectivity index (χ3v) is 4.27. The molecule has 1 heterocycles. The number of carbonyl (C=O) groups is 1. The van der Waals surface area contributed by atoms with Crippen LogP contribution in [0.3, 0.4) is 0 Å². The van der Waals surface area contributed by atoms with E-state index in [-0.39, 0.29) is 5.91 Å². The molecule has 1 aliphatic carbocycles. The van der Waals surface area contributed by atoms with Gasteiger partial charge in [0.05, 0.1) is 6.42 Å². The maximum atomic E-state index is 11.7. The van der Waals surface area contributed by atoms with Crippen LogP contribution in [0.25, 0.3) is 0 Å². The molecule has 0 radical (unpaired) electrons. The van der Waals surface area contributed by atoms with Gasteiger partial charge in [-0.25, -0.2) is 0 Å². The van der Waals surface area contributed by atoms with E-state index < -0.39 is 0 Å². The highest BCUT2D eigenvalue weighted by Gasteiger charge is 2.19. The van der Waals surface area contributed by atoms with Gasteiger partial charge in [-0.3, -0.25) is 4.79 Å². The lowest BCUT2D eigenvalue weighted by atomic mass is 10.3. The molecule has 1 aromatic rings. The van der Waals surface area contributed by atoms with Gasteiger partial charge >= 0.3 is 0 Å². The average Bonchev–Trinajstić information content (AvgIpc) is 3.06. The topological polar surface area (TPSA) is 56.9 Å². The normalized spacial score (nSPS) is 14.7. The minimum Gasteiger partial charge on any atom is -0.356 e. The van der Waals surface area contributed by atoms with E-state index in [0.717, 1.165) is 40.1 Å². The number of aryl methyl sites for hydroxylation is 1. The van der Waals surface area contributed by atoms with E-state index in [4.69, 9.17) is 12.2 Å². The molecule has 1 aliphatic rings. The maximum Gasteiger partial charge on any atom is 0.225 e. The Kier molecular flexibility index (Phi) is 4.91. The van der Waals surface area contributed by atoms with E-state index in [9.17, 15) is 4.79 Å².